The minimum Gasteiger partial charge on any atom is -0.508 e. The molecule has 3 aliphatic carbocycles. The number of rotatable bonds is 3. The number of phenolic OH excluding ortho intramolecular Hbond substituents is 2. The predicted octanol–water partition coefficient (Wildman–Crippen LogP) is 2.03. The summed E-state index contributed by atoms with van der Waals surface area (Å²) < 4.78 is 5.43. The summed E-state index contributed by atoms with van der Waals surface area (Å²) in [5.74, 6) is -1.51. The molecule has 4 rings (SSSR count). The number of allylic oxidation sites excluding steroid dienone is 1. The zero-order chi connectivity index (χ0) is 22.2. The zero-order valence-corrected chi connectivity index (χ0v) is 17.7. The fourth-order valence-electron chi connectivity index (χ4n) is 6.26. The van der Waals surface area contributed by atoms with E-state index in [-0.39, 0.29) is 40.9 Å². The van der Waals surface area contributed by atoms with Crippen molar-refractivity contribution in [3.63, 3.8) is 0 Å². The van der Waals surface area contributed by atoms with Gasteiger partial charge < -0.3 is 30.3 Å². The Balaban J connectivity index is 1.63. The highest BCUT2D eigenvalue weighted by Crippen LogP contribution is 2.68. The highest BCUT2D eigenvalue weighted by Gasteiger charge is 2.73. The lowest BCUT2D eigenvalue weighted by atomic mass is 9.44. The molecule has 0 heterocycles. The van der Waals surface area contributed by atoms with E-state index >= 15 is 0 Å². The van der Waals surface area contributed by atoms with Gasteiger partial charge in [0, 0.05) is 17.4 Å². The number of benzene rings is 1. The average Bonchev–Trinajstić information content (AvgIpc) is 2.85. The summed E-state index contributed by atoms with van der Waals surface area (Å²) in [5, 5.41) is 52.5. The quantitative estimate of drug-likeness (QED) is 0.375. The first-order valence-corrected chi connectivity index (χ1v) is 10.3. The third-order valence-corrected chi connectivity index (χ3v) is 7.84. The van der Waals surface area contributed by atoms with Gasteiger partial charge in [-0.25, -0.2) is 4.79 Å². The van der Waals surface area contributed by atoms with Crippen LogP contribution in [0.4, 0.5) is 0 Å². The maximum Gasteiger partial charge on any atom is 0.342 e. The van der Waals surface area contributed by atoms with E-state index in [1.807, 2.05) is 26.8 Å². The minimum absolute atomic E-state index is 0.00490. The van der Waals surface area contributed by atoms with Gasteiger partial charge in [0.1, 0.15) is 29.3 Å². The van der Waals surface area contributed by atoms with Gasteiger partial charge in [-0.1, -0.05) is 26.8 Å². The van der Waals surface area contributed by atoms with E-state index in [0.29, 0.717) is 17.6 Å². The Morgan fingerprint density at radius 3 is 2.43 bits per heavy atom. The van der Waals surface area contributed by atoms with Crippen molar-refractivity contribution in [3.05, 3.63) is 34.9 Å². The summed E-state index contributed by atoms with van der Waals surface area (Å²) in [4.78, 5) is 12.6. The molecule has 0 amide bonds. The molecule has 0 aromatic heterocycles. The molecule has 5 N–H and O–H groups in total. The lowest BCUT2D eigenvalue weighted by Crippen LogP contribution is -2.73. The highest BCUT2D eigenvalue weighted by molar-refractivity contribution is 5.94. The van der Waals surface area contributed by atoms with Crippen LogP contribution in [0, 0.1) is 29.6 Å². The Bertz CT molecular complexity index is 912. The molecule has 7 nitrogen and oxygen atoms in total. The number of hydrogen-bond donors (Lipinski definition) is 5. The molecule has 0 radical (unpaired) electrons. The summed E-state index contributed by atoms with van der Waals surface area (Å²) in [6.45, 7) is 7.21. The number of aromatic hydroxyl groups is 2. The van der Waals surface area contributed by atoms with E-state index in [9.17, 15) is 30.3 Å². The molecule has 1 aromatic carbocycles. The normalized spacial score (nSPS) is 38.8. The number of aliphatic hydroxyl groups is 3. The van der Waals surface area contributed by atoms with Crippen LogP contribution in [-0.4, -0.2) is 55.9 Å². The number of carbonyl (C=O) groups is 1. The van der Waals surface area contributed by atoms with E-state index in [4.69, 9.17) is 4.74 Å². The van der Waals surface area contributed by atoms with Gasteiger partial charge in [0.25, 0.3) is 0 Å². The zero-order valence-electron chi connectivity index (χ0n) is 17.7. The summed E-state index contributed by atoms with van der Waals surface area (Å²) in [6, 6.07) is 2.42. The topological polar surface area (TPSA) is 127 Å². The van der Waals surface area contributed by atoms with E-state index in [0.717, 1.165) is 12.5 Å². The Kier molecular flexibility index (Phi) is 4.55. The van der Waals surface area contributed by atoms with Gasteiger partial charge in [-0.15, -0.1) is 0 Å². The molecular weight excluding hydrogens is 388 g/mol. The monoisotopic (exact) mass is 418 g/mol. The SMILES string of the molecule is Cc1cc(O)cc(O)c1C(=O)OCC1=CC2CC(C)(C)C(O)C2C2(C)CC(O)C12O. The van der Waals surface area contributed by atoms with Crippen LogP contribution in [0.5, 0.6) is 11.5 Å². The first-order valence-electron chi connectivity index (χ1n) is 10.3. The number of fused-ring (bicyclic) bond motifs is 3. The van der Waals surface area contributed by atoms with Gasteiger partial charge in [0.15, 0.2) is 0 Å². The molecule has 3 aliphatic rings. The minimum atomic E-state index is -1.58. The summed E-state index contributed by atoms with van der Waals surface area (Å²) >= 11 is 0. The van der Waals surface area contributed by atoms with Gasteiger partial charge >= 0.3 is 5.97 Å². The summed E-state index contributed by atoms with van der Waals surface area (Å²) in [6.07, 6.45) is 1.33. The average molecular weight is 418 g/mol. The van der Waals surface area contributed by atoms with Gasteiger partial charge in [-0.05, 0) is 48.3 Å². The van der Waals surface area contributed by atoms with Crippen LogP contribution in [0.25, 0.3) is 0 Å². The molecule has 30 heavy (non-hydrogen) atoms. The molecule has 0 spiro atoms. The Morgan fingerprint density at radius 1 is 1.17 bits per heavy atom. The van der Waals surface area contributed by atoms with Crippen LogP contribution in [0.2, 0.25) is 0 Å². The standard InChI is InChI=1S/C23H30O7/c1-11-5-14(24)7-15(25)17(11)20(28)30-10-13-6-12-8-21(2,3)19(27)18(12)22(4)9-16(26)23(13,22)29/h5-7,12,16,18-19,24-27,29H,8-10H2,1-4H3. The Labute approximate surface area is 175 Å². The van der Waals surface area contributed by atoms with Crippen LogP contribution in [-0.2, 0) is 4.74 Å². The second kappa shape index (κ2) is 6.45. The van der Waals surface area contributed by atoms with Gasteiger partial charge in [0.05, 0.1) is 12.2 Å². The van der Waals surface area contributed by atoms with Crippen LogP contribution in [0.15, 0.2) is 23.8 Å². The fourth-order valence-corrected chi connectivity index (χ4v) is 6.26. The number of hydrogen-bond acceptors (Lipinski definition) is 7. The van der Waals surface area contributed by atoms with Crippen molar-refractivity contribution >= 4 is 5.97 Å². The predicted molar refractivity (Wildman–Crippen MR) is 108 cm³/mol. The molecule has 2 saturated carbocycles. The highest BCUT2D eigenvalue weighted by atomic mass is 16.5. The van der Waals surface area contributed by atoms with Crippen molar-refractivity contribution in [1.29, 1.82) is 0 Å². The van der Waals surface area contributed by atoms with E-state index in [2.05, 4.69) is 0 Å². The second-order valence-corrected chi connectivity index (χ2v) is 10.2. The van der Waals surface area contributed by atoms with Crippen LogP contribution in [0.3, 0.4) is 0 Å². The van der Waals surface area contributed by atoms with Crippen molar-refractivity contribution in [2.24, 2.45) is 22.7 Å². The van der Waals surface area contributed by atoms with Gasteiger partial charge in [-0.3, -0.25) is 0 Å². The molecule has 7 heteroatoms. The van der Waals surface area contributed by atoms with E-state index in [1.165, 1.54) is 6.07 Å². The number of ether oxygens (including phenoxy) is 1. The van der Waals surface area contributed by atoms with Crippen molar-refractivity contribution in [1.82, 2.24) is 0 Å². The van der Waals surface area contributed by atoms with Crippen LogP contribution in [0.1, 0.15) is 49.5 Å². The number of aryl methyl sites for hydroxylation is 1. The van der Waals surface area contributed by atoms with Crippen LogP contribution < -0.4 is 0 Å². The third-order valence-electron chi connectivity index (χ3n) is 7.84. The third kappa shape index (κ3) is 2.65. The Morgan fingerprint density at radius 2 is 1.83 bits per heavy atom. The summed E-state index contributed by atoms with van der Waals surface area (Å²) in [7, 11) is 0. The number of carbonyl (C=O) groups excluding carboxylic acids is 1. The van der Waals surface area contributed by atoms with E-state index in [1.54, 1.807) is 6.92 Å². The molecule has 2 fully saturated rings. The van der Waals surface area contributed by atoms with Crippen LogP contribution >= 0.6 is 0 Å². The van der Waals surface area contributed by atoms with Crippen molar-refractivity contribution in [2.75, 3.05) is 6.61 Å². The molecule has 0 saturated heterocycles. The Hall–Kier alpha value is -2.09. The number of aliphatic hydroxyl groups excluding tert-OH is 2. The molecule has 164 valence electrons. The maximum absolute atomic E-state index is 12.6. The van der Waals surface area contributed by atoms with Gasteiger partial charge in [0.2, 0.25) is 0 Å². The molecular formula is C23H30O7. The van der Waals surface area contributed by atoms with Crippen molar-refractivity contribution in [2.45, 2.75) is 58.3 Å². The first kappa shape index (κ1) is 21.2. The molecule has 6 atom stereocenters. The summed E-state index contributed by atoms with van der Waals surface area (Å²) in [5.41, 5.74) is -1.89. The lowest BCUT2D eigenvalue weighted by molar-refractivity contribution is -0.261. The molecule has 6 unspecified atom stereocenters. The van der Waals surface area contributed by atoms with Crippen molar-refractivity contribution in [3.8, 4) is 11.5 Å². The number of phenols is 2. The molecule has 0 aliphatic heterocycles. The smallest absolute Gasteiger partial charge is 0.342 e. The molecule has 1 aromatic rings. The van der Waals surface area contributed by atoms with Gasteiger partial charge in [-0.2, -0.15) is 0 Å². The van der Waals surface area contributed by atoms with E-state index < -0.39 is 29.2 Å². The second-order valence-electron chi connectivity index (χ2n) is 10.2. The largest absolute Gasteiger partial charge is 0.508 e. The maximum atomic E-state index is 12.6. The lowest BCUT2D eigenvalue weighted by Gasteiger charge is -2.65. The molecule has 0 bridgehead atoms. The first-order chi connectivity index (χ1) is 13.8. The fraction of sp³-hybridized carbons (Fsp3) is 0.609. The van der Waals surface area contributed by atoms with Crippen molar-refractivity contribution < 1.29 is 35.1 Å². The number of esters is 1.